The molecule has 0 unspecified atom stereocenters. The second-order valence-electron chi connectivity index (χ2n) is 5.88. The maximum Gasteiger partial charge on any atom is 0.322 e. The van der Waals surface area contributed by atoms with E-state index in [2.05, 4.69) is 11.4 Å². The largest absolute Gasteiger partial charge is 0.497 e. The van der Waals surface area contributed by atoms with Crippen LogP contribution in [0.4, 0.5) is 10.5 Å². The summed E-state index contributed by atoms with van der Waals surface area (Å²) in [5, 5.41) is 4.97. The Bertz CT molecular complexity index is 847. The Kier molecular flexibility index (Phi) is 6.38. The number of furan rings is 1. The number of anilines is 1. The number of ether oxygens (including phenoxy) is 2. The van der Waals surface area contributed by atoms with Gasteiger partial charge in [0.15, 0.2) is 0 Å². The van der Waals surface area contributed by atoms with Crippen LogP contribution in [0.5, 0.6) is 11.5 Å². The quantitative estimate of drug-likeness (QED) is 0.613. The van der Waals surface area contributed by atoms with Crippen molar-refractivity contribution in [2.75, 3.05) is 26.1 Å². The first-order valence-corrected chi connectivity index (χ1v) is 9.39. The van der Waals surface area contributed by atoms with Crippen LogP contribution in [0.25, 0.3) is 0 Å². The van der Waals surface area contributed by atoms with Gasteiger partial charge in [-0.1, -0.05) is 6.07 Å². The number of benzene rings is 1. The lowest BCUT2D eigenvalue weighted by molar-refractivity contribution is 0.209. The van der Waals surface area contributed by atoms with Crippen LogP contribution in [0.15, 0.2) is 58.7 Å². The summed E-state index contributed by atoms with van der Waals surface area (Å²) in [6.45, 7) is 1.06. The second kappa shape index (κ2) is 9.14. The average molecular weight is 386 g/mol. The number of carbonyl (C=O) groups is 1. The standard InChI is InChI=1S/C20H22N2O4S/c1-24-16-5-6-18(19(12-16)25-2)21-20(23)22(13-15-8-10-26-14-15)9-7-17-4-3-11-27-17/h3-6,8,10-12,14H,7,9,13H2,1-2H3,(H,21,23). The van der Waals surface area contributed by atoms with E-state index in [-0.39, 0.29) is 6.03 Å². The molecule has 3 aromatic rings. The molecule has 7 heteroatoms. The molecule has 0 aliphatic heterocycles. The molecule has 2 heterocycles. The Labute approximate surface area is 162 Å². The first-order chi connectivity index (χ1) is 13.2. The molecule has 0 aliphatic rings. The second-order valence-corrected chi connectivity index (χ2v) is 6.91. The summed E-state index contributed by atoms with van der Waals surface area (Å²) in [6.07, 6.45) is 4.05. The van der Waals surface area contributed by atoms with Gasteiger partial charge in [0, 0.05) is 23.1 Å². The number of nitrogens with zero attached hydrogens (tertiary/aromatic N) is 1. The first kappa shape index (κ1) is 18.8. The molecule has 0 radical (unpaired) electrons. The fourth-order valence-electron chi connectivity index (χ4n) is 2.65. The number of hydrogen-bond donors (Lipinski definition) is 1. The Morgan fingerprint density at radius 3 is 2.78 bits per heavy atom. The van der Waals surface area contributed by atoms with E-state index in [1.165, 1.54) is 4.88 Å². The van der Waals surface area contributed by atoms with Crippen molar-refractivity contribution in [1.29, 1.82) is 0 Å². The predicted molar refractivity (Wildman–Crippen MR) is 106 cm³/mol. The zero-order valence-corrected chi connectivity index (χ0v) is 16.1. The molecule has 2 amide bonds. The van der Waals surface area contributed by atoms with E-state index in [9.17, 15) is 4.79 Å². The number of rotatable bonds is 8. The van der Waals surface area contributed by atoms with Gasteiger partial charge in [0.25, 0.3) is 0 Å². The van der Waals surface area contributed by atoms with E-state index in [0.29, 0.717) is 30.3 Å². The van der Waals surface area contributed by atoms with Crippen LogP contribution in [0.3, 0.4) is 0 Å². The van der Waals surface area contributed by atoms with Gasteiger partial charge < -0.3 is 24.1 Å². The van der Waals surface area contributed by atoms with Gasteiger partial charge in [-0.3, -0.25) is 0 Å². The summed E-state index contributed by atoms with van der Waals surface area (Å²) < 4.78 is 15.7. The number of urea groups is 1. The minimum Gasteiger partial charge on any atom is -0.497 e. The van der Waals surface area contributed by atoms with E-state index >= 15 is 0 Å². The molecule has 0 bridgehead atoms. The maximum atomic E-state index is 12.9. The summed E-state index contributed by atoms with van der Waals surface area (Å²) in [5.74, 6) is 1.21. The molecule has 142 valence electrons. The summed E-state index contributed by atoms with van der Waals surface area (Å²) >= 11 is 1.69. The third-order valence-corrected chi connectivity index (χ3v) is 5.04. The van der Waals surface area contributed by atoms with Crippen LogP contribution in [0, 0.1) is 0 Å². The van der Waals surface area contributed by atoms with Crippen molar-refractivity contribution >= 4 is 23.1 Å². The average Bonchev–Trinajstić information content (AvgIpc) is 3.39. The SMILES string of the molecule is COc1ccc(NC(=O)N(CCc2cccs2)Cc2ccoc2)c(OC)c1. The lowest BCUT2D eigenvalue weighted by Gasteiger charge is -2.23. The normalized spacial score (nSPS) is 10.4. The van der Waals surface area contributed by atoms with Crippen molar-refractivity contribution in [2.24, 2.45) is 0 Å². The number of amides is 2. The number of nitrogens with one attached hydrogen (secondary N) is 1. The lowest BCUT2D eigenvalue weighted by Crippen LogP contribution is -2.36. The van der Waals surface area contributed by atoms with Gasteiger partial charge in [-0.05, 0) is 36.1 Å². The topological polar surface area (TPSA) is 63.9 Å². The Hall–Kier alpha value is -2.93. The van der Waals surface area contributed by atoms with Crippen LogP contribution in [0.1, 0.15) is 10.4 Å². The molecule has 1 aromatic carbocycles. The third kappa shape index (κ3) is 5.04. The monoisotopic (exact) mass is 386 g/mol. The molecule has 0 aliphatic carbocycles. The van der Waals surface area contributed by atoms with Gasteiger partial charge in [0.05, 0.1) is 39.0 Å². The predicted octanol–water partition coefficient (Wildman–Crippen LogP) is 4.64. The molecule has 27 heavy (non-hydrogen) atoms. The minimum absolute atomic E-state index is 0.198. The molecule has 3 rings (SSSR count). The summed E-state index contributed by atoms with van der Waals surface area (Å²) in [6, 6.07) is 11.0. The third-order valence-electron chi connectivity index (χ3n) is 4.10. The molecule has 0 atom stereocenters. The van der Waals surface area contributed by atoms with Crippen molar-refractivity contribution < 1.29 is 18.7 Å². The molecule has 0 fully saturated rings. The Morgan fingerprint density at radius 1 is 1.22 bits per heavy atom. The van der Waals surface area contributed by atoms with Crippen molar-refractivity contribution in [2.45, 2.75) is 13.0 Å². The van der Waals surface area contributed by atoms with Crippen LogP contribution in [-0.4, -0.2) is 31.7 Å². The van der Waals surface area contributed by atoms with E-state index in [1.807, 2.05) is 17.5 Å². The molecule has 0 spiro atoms. The highest BCUT2D eigenvalue weighted by Gasteiger charge is 2.17. The molecule has 2 aromatic heterocycles. The van der Waals surface area contributed by atoms with Gasteiger partial charge in [0.2, 0.25) is 0 Å². The zero-order chi connectivity index (χ0) is 19.1. The van der Waals surface area contributed by atoms with E-state index in [4.69, 9.17) is 13.9 Å². The smallest absolute Gasteiger partial charge is 0.322 e. The molecule has 0 saturated carbocycles. The number of thiophene rings is 1. The van der Waals surface area contributed by atoms with Gasteiger partial charge in [-0.25, -0.2) is 4.79 Å². The summed E-state index contributed by atoms with van der Waals surface area (Å²) in [7, 11) is 3.15. The van der Waals surface area contributed by atoms with Crippen molar-refractivity contribution in [3.63, 3.8) is 0 Å². The highest BCUT2D eigenvalue weighted by molar-refractivity contribution is 7.09. The molecule has 1 N–H and O–H groups in total. The number of methoxy groups -OCH3 is 2. The first-order valence-electron chi connectivity index (χ1n) is 8.51. The highest BCUT2D eigenvalue weighted by atomic mass is 32.1. The Balaban J connectivity index is 1.73. The molecule has 6 nitrogen and oxygen atoms in total. The molecule has 0 saturated heterocycles. The minimum atomic E-state index is -0.198. The van der Waals surface area contributed by atoms with Gasteiger partial charge in [0.1, 0.15) is 11.5 Å². The van der Waals surface area contributed by atoms with E-state index in [1.54, 1.807) is 61.2 Å². The van der Waals surface area contributed by atoms with Crippen molar-refractivity contribution in [1.82, 2.24) is 4.90 Å². The van der Waals surface area contributed by atoms with Crippen LogP contribution in [-0.2, 0) is 13.0 Å². The van der Waals surface area contributed by atoms with E-state index < -0.39 is 0 Å². The highest BCUT2D eigenvalue weighted by Crippen LogP contribution is 2.29. The lowest BCUT2D eigenvalue weighted by atomic mass is 10.2. The fraction of sp³-hybridized carbons (Fsp3) is 0.250. The van der Waals surface area contributed by atoms with Gasteiger partial charge >= 0.3 is 6.03 Å². The fourth-order valence-corrected chi connectivity index (χ4v) is 3.35. The zero-order valence-electron chi connectivity index (χ0n) is 15.3. The van der Waals surface area contributed by atoms with Gasteiger partial charge in [-0.2, -0.15) is 0 Å². The Morgan fingerprint density at radius 2 is 2.11 bits per heavy atom. The molecular formula is C20H22N2O4S. The van der Waals surface area contributed by atoms with Crippen molar-refractivity contribution in [3.05, 3.63) is 64.7 Å². The number of carbonyl (C=O) groups excluding carboxylic acids is 1. The van der Waals surface area contributed by atoms with Crippen LogP contribution < -0.4 is 14.8 Å². The van der Waals surface area contributed by atoms with Crippen LogP contribution in [0.2, 0.25) is 0 Å². The van der Waals surface area contributed by atoms with Crippen molar-refractivity contribution in [3.8, 4) is 11.5 Å². The maximum absolute atomic E-state index is 12.9. The van der Waals surface area contributed by atoms with E-state index in [0.717, 1.165) is 12.0 Å². The summed E-state index contributed by atoms with van der Waals surface area (Å²) in [4.78, 5) is 15.9. The number of hydrogen-bond acceptors (Lipinski definition) is 5. The molecular weight excluding hydrogens is 364 g/mol. The van der Waals surface area contributed by atoms with Crippen LogP contribution >= 0.6 is 11.3 Å². The summed E-state index contributed by atoms with van der Waals surface area (Å²) in [5.41, 5.74) is 1.54. The van der Waals surface area contributed by atoms with Gasteiger partial charge in [-0.15, -0.1) is 11.3 Å².